The number of rotatable bonds is 4. The highest BCUT2D eigenvalue weighted by Gasteiger charge is 2.44. The van der Waals surface area contributed by atoms with Crippen molar-refractivity contribution in [3.8, 4) is 0 Å². The predicted molar refractivity (Wildman–Crippen MR) is 70.9 cm³/mol. The number of carbonyl (C=O) groups is 2. The summed E-state index contributed by atoms with van der Waals surface area (Å²) in [6, 6.07) is 0. The molecule has 1 aliphatic rings. The van der Waals surface area contributed by atoms with Crippen molar-refractivity contribution in [1.82, 2.24) is 9.80 Å². The highest BCUT2D eigenvalue weighted by Crippen LogP contribution is 2.24. The first kappa shape index (κ1) is 15.0. The van der Waals surface area contributed by atoms with Crippen molar-refractivity contribution in [3.63, 3.8) is 0 Å². The number of piperazine rings is 1. The lowest BCUT2D eigenvalue weighted by Crippen LogP contribution is -2.64. The third kappa shape index (κ3) is 2.66. The third-order valence-corrected chi connectivity index (χ3v) is 3.74. The van der Waals surface area contributed by atoms with Crippen molar-refractivity contribution in [1.29, 1.82) is 0 Å². The number of nitrogens with two attached hydrogens (primary N) is 1. The zero-order valence-electron chi connectivity index (χ0n) is 11.9. The minimum atomic E-state index is -0.759. The van der Waals surface area contributed by atoms with Crippen molar-refractivity contribution in [2.75, 3.05) is 26.7 Å². The largest absolute Gasteiger partial charge is 0.342 e. The Morgan fingerprint density at radius 2 is 2.06 bits per heavy atom. The van der Waals surface area contributed by atoms with Gasteiger partial charge >= 0.3 is 0 Å². The summed E-state index contributed by atoms with van der Waals surface area (Å²) >= 11 is 0. The summed E-state index contributed by atoms with van der Waals surface area (Å²) in [5.41, 5.74) is 4.92. The fourth-order valence-corrected chi connectivity index (χ4v) is 2.51. The molecule has 1 heterocycles. The summed E-state index contributed by atoms with van der Waals surface area (Å²) in [7, 11) is 1.78. The molecule has 5 nitrogen and oxygen atoms in total. The first-order chi connectivity index (χ1) is 8.36. The molecule has 1 rings (SSSR count). The Hall–Kier alpha value is -1.10. The highest BCUT2D eigenvalue weighted by molar-refractivity contribution is 5.92. The fourth-order valence-electron chi connectivity index (χ4n) is 2.51. The number of amides is 2. The van der Waals surface area contributed by atoms with E-state index in [1.165, 1.54) is 0 Å². The molecule has 0 aliphatic carbocycles. The Kier molecular flexibility index (Phi) is 4.73. The van der Waals surface area contributed by atoms with E-state index in [1.54, 1.807) is 16.8 Å². The lowest BCUT2D eigenvalue weighted by Gasteiger charge is -2.45. The van der Waals surface area contributed by atoms with Crippen molar-refractivity contribution in [2.45, 2.75) is 39.2 Å². The van der Waals surface area contributed by atoms with Gasteiger partial charge in [0.2, 0.25) is 11.8 Å². The van der Waals surface area contributed by atoms with Crippen LogP contribution in [0.15, 0.2) is 0 Å². The predicted octanol–water partition coefficient (Wildman–Crippen LogP) is 0.441. The topological polar surface area (TPSA) is 66.6 Å². The van der Waals surface area contributed by atoms with E-state index in [2.05, 4.69) is 0 Å². The zero-order valence-corrected chi connectivity index (χ0v) is 11.9. The van der Waals surface area contributed by atoms with Crippen LogP contribution in [0.25, 0.3) is 0 Å². The minimum Gasteiger partial charge on any atom is -0.342 e. The van der Waals surface area contributed by atoms with Crippen LogP contribution in [-0.4, -0.2) is 53.8 Å². The van der Waals surface area contributed by atoms with Gasteiger partial charge in [-0.05, 0) is 20.3 Å². The van der Waals surface area contributed by atoms with Gasteiger partial charge in [-0.1, -0.05) is 13.3 Å². The first-order valence-electron chi connectivity index (χ1n) is 6.63. The van der Waals surface area contributed by atoms with E-state index in [9.17, 15) is 9.59 Å². The van der Waals surface area contributed by atoms with Crippen LogP contribution in [0.2, 0.25) is 0 Å². The second-order valence-corrected chi connectivity index (χ2v) is 5.50. The molecule has 0 saturated carbocycles. The van der Waals surface area contributed by atoms with Gasteiger partial charge in [0.25, 0.3) is 0 Å². The number of carbonyl (C=O) groups excluding carboxylic acids is 2. The number of likely N-dealkylation sites (N-methyl/N-ethyl adjacent to an activating group) is 1. The molecular formula is C13H25N3O2. The van der Waals surface area contributed by atoms with Gasteiger partial charge < -0.3 is 15.5 Å². The molecule has 1 unspecified atom stereocenters. The first-order valence-corrected chi connectivity index (χ1v) is 6.63. The molecule has 0 aromatic rings. The zero-order chi connectivity index (χ0) is 13.9. The summed E-state index contributed by atoms with van der Waals surface area (Å²) in [4.78, 5) is 28.0. The van der Waals surface area contributed by atoms with Crippen molar-refractivity contribution in [2.24, 2.45) is 11.7 Å². The quantitative estimate of drug-likeness (QED) is 0.792. The molecule has 0 radical (unpaired) electrons. The lowest BCUT2D eigenvalue weighted by molar-refractivity contribution is -0.159. The van der Waals surface area contributed by atoms with Crippen molar-refractivity contribution in [3.05, 3.63) is 0 Å². The van der Waals surface area contributed by atoms with Crippen LogP contribution in [0, 0.1) is 5.92 Å². The van der Waals surface area contributed by atoms with Gasteiger partial charge in [0.15, 0.2) is 0 Å². The summed E-state index contributed by atoms with van der Waals surface area (Å²) in [5, 5.41) is 0. The Bertz CT molecular complexity index is 328. The Morgan fingerprint density at radius 1 is 1.44 bits per heavy atom. The number of hydrogen-bond donors (Lipinski definition) is 1. The van der Waals surface area contributed by atoms with Crippen LogP contribution >= 0.6 is 0 Å². The summed E-state index contributed by atoms with van der Waals surface area (Å²) < 4.78 is 0. The molecular weight excluding hydrogens is 230 g/mol. The van der Waals surface area contributed by atoms with Gasteiger partial charge in [-0.3, -0.25) is 9.59 Å². The van der Waals surface area contributed by atoms with E-state index in [0.29, 0.717) is 19.6 Å². The summed E-state index contributed by atoms with van der Waals surface area (Å²) in [6.07, 6.45) is 1.71. The maximum absolute atomic E-state index is 12.5. The van der Waals surface area contributed by atoms with E-state index < -0.39 is 5.54 Å². The summed E-state index contributed by atoms with van der Waals surface area (Å²) in [6.45, 7) is 7.19. The van der Waals surface area contributed by atoms with Gasteiger partial charge in [-0.15, -0.1) is 0 Å². The molecule has 104 valence electrons. The molecule has 1 fully saturated rings. The Balaban J connectivity index is 2.88. The van der Waals surface area contributed by atoms with Crippen molar-refractivity contribution < 1.29 is 9.59 Å². The molecule has 0 aromatic heterocycles. The second kappa shape index (κ2) is 5.69. The van der Waals surface area contributed by atoms with Gasteiger partial charge in [0.05, 0.1) is 5.92 Å². The van der Waals surface area contributed by atoms with E-state index in [-0.39, 0.29) is 17.7 Å². The average Bonchev–Trinajstić information content (AvgIpc) is 2.32. The molecule has 5 heteroatoms. The Labute approximate surface area is 109 Å². The lowest BCUT2D eigenvalue weighted by atomic mass is 9.93. The van der Waals surface area contributed by atoms with Crippen molar-refractivity contribution >= 4 is 11.8 Å². The van der Waals surface area contributed by atoms with Crippen LogP contribution in [0.1, 0.15) is 33.6 Å². The number of nitrogens with zero attached hydrogens (tertiary/aromatic N) is 2. The minimum absolute atomic E-state index is 0.00521. The Morgan fingerprint density at radius 3 is 2.56 bits per heavy atom. The maximum atomic E-state index is 12.5. The molecule has 0 bridgehead atoms. The van der Waals surface area contributed by atoms with E-state index >= 15 is 0 Å². The molecule has 2 N–H and O–H groups in total. The van der Waals surface area contributed by atoms with Crippen LogP contribution < -0.4 is 5.73 Å². The fraction of sp³-hybridized carbons (Fsp3) is 0.846. The molecule has 0 aromatic carbocycles. The molecule has 0 spiro atoms. The van der Waals surface area contributed by atoms with Gasteiger partial charge in [-0.2, -0.15) is 0 Å². The van der Waals surface area contributed by atoms with Crippen LogP contribution in [0.3, 0.4) is 0 Å². The highest BCUT2D eigenvalue weighted by atomic mass is 16.2. The SMILES string of the molecule is CCCC(CN)C(=O)N1CCN(C)C(=O)C1(C)C. The monoisotopic (exact) mass is 255 g/mol. The third-order valence-electron chi connectivity index (χ3n) is 3.74. The molecule has 1 atom stereocenters. The van der Waals surface area contributed by atoms with Gasteiger partial charge in [-0.25, -0.2) is 0 Å². The molecule has 1 aliphatic heterocycles. The normalized spacial score (nSPS) is 21.1. The molecule has 18 heavy (non-hydrogen) atoms. The molecule has 1 saturated heterocycles. The average molecular weight is 255 g/mol. The van der Waals surface area contributed by atoms with Gasteiger partial charge in [0, 0.05) is 26.7 Å². The van der Waals surface area contributed by atoms with Crippen LogP contribution in [0.4, 0.5) is 0 Å². The second-order valence-electron chi connectivity index (χ2n) is 5.50. The molecule has 2 amide bonds. The van der Waals surface area contributed by atoms with E-state index in [0.717, 1.165) is 12.8 Å². The maximum Gasteiger partial charge on any atom is 0.247 e. The number of hydrogen-bond acceptors (Lipinski definition) is 3. The summed E-state index contributed by atoms with van der Waals surface area (Å²) in [5.74, 6) is -0.148. The van der Waals surface area contributed by atoms with E-state index in [4.69, 9.17) is 5.73 Å². The van der Waals surface area contributed by atoms with E-state index in [1.807, 2.05) is 20.8 Å². The van der Waals surface area contributed by atoms with Gasteiger partial charge in [0.1, 0.15) is 5.54 Å². The standard InChI is InChI=1S/C13H25N3O2/c1-5-6-10(9-14)11(17)16-8-7-15(4)12(18)13(16,2)3/h10H,5-9,14H2,1-4H3. The smallest absolute Gasteiger partial charge is 0.247 e. The van der Waals surface area contributed by atoms with Crippen LogP contribution in [-0.2, 0) is 9.59 Å². The van der Waals surface area contributed by atoms with Crippen LogP contribution in [0.5, 0.6) is 0 Å².